The standard InChI is InChI=1S/C39H24N4/c1-2-9-26(10-3-1)38-31-21-20-29-28-11-5-7-15-36(28)43(39(29)37(31)30-12-4-6-13-33(30)42-38)27-18-16-25(17-19-27)32-22-23-34-35(41-32)14-8-24-40-34/h1-24H. The Morgan fingerprint density at radius 3 is 2.07 bits per heavy atom. The predicted octanol–water partition coefficient (Wildman–Crippen LogP) is 9.76. The summed E-state index contributed by atoms with van der Waals surface area (Å²) in [7, 11) is 0. The third kappa shape index (κ3) is 3.67. The van der Waals surface area contributed by atoms with Crippen LogP contribution in [0.15, 0.2) is 146 Å². The Bertz CT molecular complexity index is 2490. The van der Waals surface area contributed by atoms with E-state index >= 15 is 0 Å². The number of para-hydroxylation sites is 2. The second-order valence-corrected chi connectivity index (χ2v) is 10.9. The van der Waals surface area contributed by atoms with Crippen LogP contribution in [0.1, 0.15) is 0 Å². The van der Waals surface area contributed by atoms with Crippen molar-refractivity contribution < 1.29 is 0 Å². The number of pyridine rings is 3. The topological polar surface area (TPSA) is 43.6 Å². The summed E-state index contributed by atoms with van der Waals surface area (Å²) < 4.78 is 2.41. The molecule has 0 amide bonds. The van der Waals surface area contributed by atoms with Gasteiger partial charge in [0.05, 0.1) is 39.0 Å². The van der Waals surface area contributed by atoms with Gasteiger partial charge < -0.3 is 4.57 Å². The molecule has 9 rings (SSSR count). The molecule has 4 nitrogen and oxygen atoms in total. The molecule has 200 valence electrons. The van der Waals surface area contributed by atoms with Crippen molar-refractivity contribution in [3.05, 3.63) is 146 Å². The molecule has 0 aliphatic heterocycles. The normalized spacial score (nSPS) is 11.7. The minimum Gasteiger partial charge on any atom is -0.309 e. The number of fused-ring (bicyclic) bond motifs is 8. The quantitative estimate of drug-likeness (QED) is 0.206. The van der Waals surface area contributed by atoms with E-state index in [9.17, 15) is 0 Å². The molecule has 0 aliphatic carbocycles. The van der Waals surface area contributed by atoms with Gasteiger partial charge in [-0.15, -0.1) is 0 Å². The fourth-order valence-corrected chi connectivity index (χ4v) is 6.47. The summed E-state index contributed by atoms with van der Waals surface area (Å²) in [4.78, 5) is 14.5. The van der Waals surface area contributed by atoms with Gasteiger partial charge in [0.25, 0.3) is 0 Å². The van der Waals surface area contributed by atoms with E-state index in [0.717, 1.165) is 55.5 Å². The van der Waals surface area contributed by atoms with Crippen LogP contribution in [0.25, 0.3) is 82.7 Å². The van der Waals surface area contributed by atoms with E-state index in [0.29, 0.717) is 0 Å². The molecule has 4 heterocycles. The molecule has 0 saturated carbocycles. The van der Waals surface area contributed by atoms with Crippen molar-refractivity contribution in [2.24, 2.45) is 0 Å². The Morgan fingerprint density at radius 1 is 0.442 bits per heavy atom. The molecule has 0 spiro atoms. The summed E-state index contributed by atoms with van der Waals surface area (Å²) in [5.74, 6) is 0. The number of nitrogens with zero attached hydrogens (tertiary/aromatic N) is 4. The maximum atomic E-state index is 5.18. The summed E-state index contributed by atoms with van der Waals surface area (Å²) in [6.45, 7) is 0. The lowest BCUT2D eigenvalue weighted by Gasteiger charge is -2.14. The summed E-state index contributed by atoms with van der Waals surface area (Å²) >= 11 is 0. The lowest BCUT2D eigenvalue weighted by molar-refractivity contribution is 1.19. The predicted molar refractivity (Wildman–Crippen MR) is 178 cm³/mol. The fourth-order valence-electron chi connectivity index (χ4n) is 6.47. The third-order valence-electron chi connectivity index (χ3n) is 8.42. The van der Waals surface area contributed by atoms with Gasteiger partial charge in [0, 0.05) is 49.9 Å². The van der Waals surface area contributed by atoms with Gasteiger partial charge in [-0.3, -0.25) is 4.98 Å². The Labute approximate surface area is 247 Å². The van der Waals surface area contributed by atoms with Crippen LogP contribution in [0.5, 0.6) is 0 Å². The molecule has 0 aliphatic rings. The lowest BCUT2D eigenvalue weighted by Crippen LogP contribution is -1.97. The van der Waals surface area contributed by atoms with E-state index < -0.39 is 0 Å². The van der Waals surface area contributed by atoms with E-state index in [1.54, 1.807) is 6.20 Å². The summed E-state index contributed by atoms with van der Waals surface area (Å²) in [6, 6.07) is 49.0. The van der Waals surface area contributed by atoms with Crippen LogP contribution in [-0.2, 0) is 0 Å². The maximum Gasteiger partial charge on any atom is 0.0894 e. The molecule has 0 saturated heterocycles. The molecular formula is C39H24N4. The Kier molecular flexibility index (Phi) is 5.16. The number of rotatable bonds is 3. The monoisotopic (exact) mass is 548 g/mol. The minimum absolute atomic E-state index is 0.896. The first-order valence-electron chi connectivity index (χ1n) is 14.5. The highest BCUT2D eigenvalue weighted by Gasteiger charge is 2.19. The van der Waals surface area contributed by atoms with Crippen LogP contribution in [-0.4, -0.2) is 19.5 Å². The number of hydrogen-bond acceptors (Lipinski definition) is 3. The molecule has 0 radical (unpaired) electrons. The largest absolute Gasteiger partial charge is 0.309 e. The first kappa shape index (κ1) is 23.8. The molecular weight excluding hydrogens is 524 g/mol. The van der Waals surface area contributed by atoms with Crippen LogP contribution in [0.2, 0.25) is 0 Å². The van der Waals surface area contributed by atoms with Gasteiger partial charge in [0.1, 0.15) is 0 Å². The van der Waals surface area contributed by atoms with Crippen molar-refractivity contribution in [1.82, 2.24) is 19.5 Å². The average Bonchev–Trinajstić information content (AvgIpc) is 3.42. The number of benzene rings is 5. The molecule has 0 bridgehead atoms. The Morgan fingerprint density at radius 2 is 1.19 bits per heavy atom. The van der Waals surface area contributed by atoms with E-state index in [1.165, 1.54) is 27.2 Å². The molecule has 0 unspecified atom stereocenters. The van der Waals surface area contributed by atoms with Crippen molar-refractivity contribution in [1.29, 1.82) is 0 Å². The lowest BCUT2D eigenvalue weighted by atomic mass is 9.97. The Balaban J connectivity index is 1.35. The molecule has 4 aromatic heterocycles. The van der Waals surface area contributed by atoms with Crippen LogP contribution in [0.4, 0.5) is 0 Å². The van der Waals surface area contributed by atoms with Gasteiger partial charge in [0.2, 0.25) is 0 Å². The minimum atomic E-state index is 0.896. The summed E-state index contributed by atoms with van der Waals surface area (Å²) in [6.07, 6.45) is 1.80. The van der Waals surface area contributed by atoms with Gasteiger partial charge in [-0.05, 0) is 48.5 Å². The van der Waals surface area contributed by atoms with E-state index in [4.69, 9.17) is 9.97 Å². The summed E-state index contributed by atoms with van der Waals surface area (Å²) in [5.41, 5.74) is 10.4. The van der Waals surface area contributed by atoms with Crippen molar-refractivity contribution in [2.45, 2.75) is 0 Å². The zero-order valence-corrected chi connectivity index (χ0v) is 23.1. The molecule has 0 N–H and O–H groups in total. The molecule has 9 aromatic rings. The molecule has 4 heteroatoms. The molecule has 43 heavy (non-hydrogen) atoms. The van der Waals surface area contributed by atoms with Crippen LogP contribution in [0.3, 0.4) is 0 Å². The molecule has 0 fully saturated rings. The molecule has 5 aromatic carbocycles. The first-order valence-corrected chi connectivity index (χ1v) is 14.5. The zero-order chi connectivity index (χ0) is 28.3. The Hall–Kier alpha value is -5.87. The van der Waals surface area contributed by atoms with Crippen molar-refractivity contribution >= 4 is 54.5 Å². The number of hydrogen-bond donors (Lipinski definition) is 0. The van der Waals surface area contributed by atoms with Crippen LogP contribution >= 0.6 is 0 Å². The molecule has 0 atom stereocenters. The smallest absolute Gasteiger partial charge is 0.0894 e. The van der Waals surface area contributed by atoms with Crippen molar-refractivity contribution in [3.63, 3.8) is 0 Å². The van der Waals surface area contributed by atoms with Gasteiger partial charge in [-0.2, -0.15) is 0 Å². The van der Waals surface area contributed by atoms with Crippen LogP contribution in [0, 0.1) is 0 Å². The highest BCUT2D eigenvalue weighted by Crippen LogP contribution is 2.42. The highest BCUT2D eigenvalue weighted by molar-refractivity contribution is 6.26. The maximum absolute atomic E-state index is 5.18. The van der Waals surface area contributed by atoms with Gasteiger partial charge in [0.15, 0.2) is 0 Å². The first-order chi connectivity index (χ1) is 21.3. The van der Waals surface area contributed by atoms with E-state index in [-0.39, 0.29) is 0 Å². The average molecular weight is 549 g/mol. The second kappa shape index (κ2) is 9.33. The van der Waals surface area contributed by atoms with Crippen LogP contribution < -0.4 is 0 Å². The summed E-state index contributed by atoms with van der Waals surface area (Å²) in [5, 5.41) is 5.97. The highest BCUT2D eigenvalue weighted by atomic mass is 15.0. The second-order valence-electron chi connectivity index (χ2n) is 10.9. The zero-order valence-electron chi connectivity index (χ0n) is 23.1. The SMILES string of the molecule is c1ccc(-c2nc3ccccc3c3c2ccc2c4ccccc4n(-c4ccc(-c5ccc6ncccc6n5)cc4)c23)cc1. The van der Waals surface area contributed by atoms with Gasteiger partial charge in [-0.25, -0.2) is 9.97 Å². The van der Waals surface area contributed by atoms with E-state index in [1.807, 2.05) is 24.3 Å². The number of aromatic nitrogens is 4. The third-order valence-corrected chi connectivity index (χ3v) is 8.42. The van der Waals surface area contributed by atoms with Gasteiger partial charge in [-0.1, -0.05) is 91.0 Å². The van der Waals surface area contributed by atoms with Crippen molar-refractivity contribution in [2.75, 3.05) is 0 Å². The van der Waals surface area contributed by atoms with E-state index in [2.05, 4.69) is 125 Å². The van der Waals surface area contributed by atoms with Gasteiger partial charge >= 0.3 is 0 Å². The fraction of sp³-hybridized carbons (Fsp3) is 0. The van der Waals surface area contributed by atoms with Crippen molar-refractivity contribution in [3.8, 4) is 28.2 Å².